The Balaban J connectivity index is 1.41. The van der Waals surface area contributed by atoms with E-state index in [-0.39, 0.29) is 5.91 Å². The Morgan fingerprint density at radius 3 is 2.73 bits per heavy atom. The van der Waals surface area contributed by atoms with Crippen LogP contribution in [0.15, 0.2) is 36.5 Å². The quantitative estimate of drug-likeness (QED) is 0.912. The fourth-order valence-electron chi connectivity index (χ4n) is 4.73. The number of rotatable bonds is 4. The molecule has 1 aromatic carbocycles. The highest BCUT2D eigenvalue weighted by molar-refractivity contribution is 5.91. The Hall–Kier alpha value is -2.18. The predicted molar refractivity (Wildman–Crippen MR) is 102 cm³/mol. The number of benzene rings is 1. The van der Waals surface area contributed by atoms with Crippen molar-refractivity contribution in [1.82, 2.24) is 19.6 Å². The summed E-state index contributed by atoms with van der Waals surface area (Å²) in [5, 5.41) is 7.11. The van der Waals surface area contributed by atoms with Gasteiger partial charge in [0.2, 0.25) is 5.91 Å². The summed E-state index contributed by atoms with van der Waals surface area (Å²) in [7, 11) is 4.08. The van der Waals surface area contributed by atoms with Gasteiger partial charge in [0.1, 0.15) is 0 Å². The molecule has 3 heterocycles. The molecular weight excluding hydrogens is 326 g/mol. The maximum Gasteiger partial charge on any atom is 0.239 e. The van der Waals surface area contributed by atoms with Crippen molar-refractivity contribution in [2.24, 2.45) is 18.9 Å². The van der Waals surface area contributed by atoms with Crippen LogP contribution < -0.4 is 5.32 Å². The van der Waals surface area contributed by atoms with Gasteiger partial charge in [0, 0.05) is 45.0 Å². The Kier molecular flexibility index (Phi) is 4.54. The molecule has 0 aliphatic carbocycles. The molecule has 1 amide bonds. The van der Waals surface area contributed by atoms with E-state index in [4.69, 9.17) is 0 Å². The van der Waals surface area contributed by atoms with Gasteiger partial charge >= 0.3 is 0 Å². The van der Waals surface area contributed by atoms with Crippen molar-refractivity contribution in [2.45, 2.75) is 13.0 Å². The van der Waals surface area contributed by atoms with E-state index in [0.717, 1.165) is 19.6 Å². The summed E-state index contributed by atoms with van der Waals surface area (Å²) in [6.07, 6.45) is 1.83. The van der Waals surface area contributed by atoms with Gasteiger partial charge in [-0.15, -0.1) is 0 Å². The summed E-state index contributed by atoms with van der Waals surface area (Å²) < 4.78 is 1.69. The number of anilines is 1. The summed E-state index contributed by atoms with van der Waals surface area (Å²) in [5.74, 6) is 1.86. The maximum atomic E-state index is 12.4. The van der Waals surface area contributed by atoms with Gasteiger partial charge in [-0.25, -0.2) is 0 Å². The van der Waals surface area contributed by atoms with Crippen LogP contribution in [-0.4, -0.2) is 58.7 Å². The number of hydrogen-bond donors (Lipinski definition) is 1. The van der Waals surface area contributed by atoms with Gasteiger partial charge in [-0.05, 0) is 36.9 Å². The van der Waals surface area contributed by atoms with Crippen molar-refractivity contribution in [3.05, 3.63) is 47.7 Å². The van der Waals surface area contributed by atoms with Crippen molar-refractivity contribution in [2.75, 3.05) is 38.5 Å². The Bertz CT molecular complexity index is 801. The minimum absolute atomic E-state index is 0.0180. The number of nitrogens with one attached hydrogen (secondary N) is 1. The molecule has 0 unspecified atom stereocenters. The van der Waals surface area contributed by atoms with Crippen LogP contribution in [0.2, 0.25) is 0 Å². The van der Waals surface area contributed by atoms with Crippen molar-refractivity contribution in [1.29, 1.82) is 0 Å². The van der Waals surface area contributed by atoms with E-state index < -0.39 is 0 Å². The van der Waals surface area contributed by atoms with Crippen LogP contribution in [0.4, 0.5) is 5.82 Å². The maximum absolute atomic E-state index is 12.4. The second-order valence-electron chi connectivity index (χ2n) is 7.78. The van der Waals surface area contributed by atoms with Crippen molar-refractivity contribution in [3.63, 3.8) is 0 Å². The standard InChI is InChI=1S/C20H27N5O/c1-14-6-4-5-7-16(14)20-17-12-25(11-15(17)10-23(20)2)13-19(26)21-18-8-9-24(3)22-18/h4-9,15,17,20H,10-13H2,1-3H3,(H,21,22,26)/t15-,17+,20+/m0/s1. The molecule has 2 aromatic rings. The van der Waals surface area contributed by atoms with Gasteiger partial charge in [0.05, 0.1) is 6.54 Å². The molecule has 138 valence electrons. The van der Waals surface area contributed by atoms with Crippen LogP contribution in [0.25, 0.3) is 0 Å². The van der Waals surface area contributed by atoms with E-state index in [1.54, 1.807) is 4.68 Å². The van der Waals surface area contributed by atoms with Crippen molar-refractivity contribution in [3.8, 4) is 0 Å². The predicted octanol–water partition coefficient (Wildman–Crippen LogP) is 1.90. The lowest BCUT2D eigenvalue weighted by molar-refractivity contribution is -0.117. The number of likely N-dealkylation sites (tertiary alicyclic amines) is 2. The van der Waals surface area contributed by atoms with Crippen LogP contribution in [0.1, 0.15) is 17.2 Å². The van der Waals surface area contributed by atoms with Gasteiger partial charge in [0.15, 0.2) is 5.82 Å². The highest BCUT2D eigenvalue weighted by Gasteiger charge is 2.46. The van der Waals surface area contributed by atoms with Gasteiger partial charge in [-0.3, -0.25) is 19.3 Å². The van der Waals surface area contributed by atoms with Crippen LogP contribution in [-0.2, 0) is 11.8 Å². The number of aryl methyl sites for hydroxylation is 2. The lowest BCUT2D eigenvalue weighted by Crippen LogP contribution is -2.35. The zero-order valence-corrected chi connectivity index (χ0v) is 15.7. The molecule has 6 heteroatoms. The minimum atomic E-state index is 0.0180. The zero-order valence-electron chi connectivity index (χ0n) is 15.7. The first-order valence-electron chi connectivity index (χ1n) is 9.29. The molecule has 1 N–H and O–H groups in total. The summed E-state index contributed by atoms with van der Waals surface area (Å²) in [5.41, 5.74) is 2.79. The fraction of sp³-hybridized carbons (Fsp3) is 0.500. The molecule has 2 aliphatic heterocycles. The first kappa shape index (κ1) is 17.2. The smallest absolute Gasteiger partial charge is 0.239 e. The summed E-state index contributed by atoms with van der Waals surface area (Å²) >= 11 is 0. The van der Waals surface area contributed by atoms with E-state index in [2.05, 4.69) is 58.5 Å². The second kappa shape index (κ2) is 6.85. The van der Waals surface area contributed by atoms with E-state index in [0.29, 0.717) is 30.2 Å². The minimum Gasteiger partial charge on any atom is -0.308 e. The number of amides is 1. The molecule has 4 rings (SSSR count). The molecule has 0 saturated carbocycles. The third-order valence-electron chi connectivity index (χ3n) is 5.83. The van der Waals surface area contributed by atoms with Gasteiger partial charge in [-0.1, -0.05) is 24.3 Å². The highest BCUT2D eigenvalue weighted by atomic mass is 16.2. The van der Waals surface area contributed by atoms with Crippen LogP contribution in [0, 0.1) is 18.8 Å². The first-order chi connectivity index (χ1) is 12.5. The van der Waals surface area contributed by atoms with Crippen LogP contribution >= 0.6 is 0 Å². The van der Waals surface area contributed by atoms with Gasteiger partial charge in [0.25, 0.3) is 0 Å². The average molecular weight is 353 g/mol. The molecule has 0 spiro atoms. The normalized spacial score (nSPS) is 26.2. The van der Waals surface area contributed by atoms with Crippen molar-refractivity contribution < 1.29 is 4.79 Å². The molecule has 2 fully saturated rings. The molecule has 2 saturated heterocycles. The lowest BCUT2D eigenvalue weighted by Gasteiger charge is -2.27. The highest BCUT2D eigenvalue weighted by Crippen LogP contribution is 2.44. The zero-order chi connectivity index (χ0) is 18.3. The summed E-state index contributed by atoms with van der Waals surface area (Å²) in [6.45, 7) is 5.70. The van der Waals surface area contributed by atoms with Gasteiger partial charge < -0.3 is 5.32 Å². The third kappa shape index (κ3) is 3.27. The number of carbonyl (C=O) groups excluding carboxylic acids is 1. The Morgan fingerprint density at radius 2 is 2.00 bits per heavy atom. The third-order valence-corrected chi connectivity index (χ3v) is 5.83. The number of hydrogen-bond acceptors (Lipinski definition) is 4. The Morgan fingerprint density at radius 1 is 1.19 bits per heavy atom. The van der Waals surface area contributed by atoms with E-state index in [9.17, 15) is 4.79 Å². The lowest BCUT2D eigenvalue weighted by atomic mass is 9.88. The van der Waals surface area contributed by atoms with E-state index >= 15 is 0 Å². The first-order valence-corrected chi connectivity index (χ1v) is 9.29. The summed E-state index contributed by atoms with van der Waals surface area (Å²) in [4.78, 5) is 17.1. The van der Waals surface area contributed by atoms with Crippen LogP contribution in [0.3, 0.4) is 0 Å². The van der Waals surface area contributed by atoms with E-state index in [1.165, 1.54) is 11.1 Å². The monoisotopic (exact) mass is 353 g/mol. The molecular formula is C20H27N5O. The molecule has 2 aliphatic rings. The van der Waals surface area contributed by atoms with Crippen LogP contribution in [0.5, 0.6) is 0 Å². The average Bonchev–Trinajstić information content (AvgIpc) is 3.23. The second-order valence-corrected chi connectivity index (χ2v) is 7.78. The number of nitrogens with zero attached hydrogens (tertiary/aromatic N) is 4. The summed E-state index contributed by atoms with van der Waals surface area (Å²) in [6, 6.07) is 11.0. The fourth-order valence-corrected chi connectivity index (χ4v) is 4.73. The SMILES string of the molecule is Cc1ccccc1[C@@H]1[C@@H]2CN(CC(=O)Nc3ccn(C)n3)C[C@@H]2CN1C. The number of fused-ring (bicyclic) bond motifs is 1. The van der Waals surface area contributed by atoms with Gasteiger partial charge in [-0.2, -0.15) is 5.10 Å². The molecule has 3 atom stereocenters. The van der Waals surface area contributed by atoms with E-state index in [1.807, 2.05) is 19.3 Å². The number of aromatic nitrogens is 2. The number of carbonyl (C=O) groups is 1. The molecule has 1 aromatic heterocycles. The molecule has 6 nitrogen and oxygen atoms in total. The van der Waals surface area contributed by atoms with Crippen molar-refractivity contribution >= 4 is 11.7 Å². The molecule has 0 bridgehead atoms. The topological polar surface area (TPSA) is 53.4 Å². The Labute approximate surface area is 154 Å². The largest absolute Gasteiger partial charge is 0.308 e. The molecule has 26 heavy (non-hydrogen) atoms. The molecule has 0 radical (unpaired) electrons.